The molecule has 0 unspecified atom stereocenters. The molecule has 0 bridgehead atoms. The normalized spacial score (nSPS) is 17.5. The van der Waals surface area contributed by atoms with E-state index in [0.717, 1.165) is 0 Å². The fraction of sp³-hybridized carbons (Fsp3) is 0.364. The van der Waals surface area contributed by atoms with Gasteiger partial charge in [0.05, 0.1) is 13.2 Å². The van der Waals surface area contributed by atoms with E-state index in [0.29, 0.717) is 25.3 Å². The van der Waals surface area contributed by atoms with Crippen molar-refractivity contribution in [3.8, 4) is 0 Å². The van der Waals surface area contributed by atoms with Crippen LogP contribution in [0.4, 0.5) is 4.39 Å². The van der Waals surface area contributed by atoms with E-state index in [1.165, 1.54) is 6.07 Å². The van der Waals surface area contributed by atoms with Crippen LogP contribution in [0.2, 0.25) is 0 Å². The smallest absolute Gasteiger partial charge is 0.237 e. The first-order valence-corrected chi connectivity index (χ1v) is 4.86. The Hall–Kier alpha value is -1.42. The van der Waals surface area contributed by atoms with Crippen LogP contribution in [-0.4, -0.2) is 36.0 Å². The lowest BCUT2D eigenvalue weighted by Crippen LogP contribution is -2.23. The van der Waals surface area contributed by atoms with Gasteiger partial charge in [0, 0.05) is 19.2 Å². The highest BCUT2D eigenvalue weighted by Gasteiger charge is 2.24. The number of carbonyl (C=O) groups excluding carboxylic acids is 1. The summed E-state index contributed by atoms with van der Waals surface area (Å²) in [6.45, 7) is 1.45. The Balaban J connectivity index is 2.05. The standard InChI is InChI=1S/C11H13FN2O/c1-13-8-14(7-11(13)15)6-9-4-2-3-5-10(9)12/h2-5H,6-8H2,1H3. The molecule has 0 atom stereocenters. The lowest BCUT2D eigenvalue weighted by molar-refractivity contribution is -0.125. The Bertz CT molecular complexity index is 381. The van der Waals surface area contributed by atoms with Gasteiger partial charge in [0.2, 0.25) is 5.91 Å². The first kappa shape index (κ1) is 10.1. The fourth-order valence-corrected chi connectivity index (χ4v) is 1.71. The predicted octanol–water partition coefficient (Wildman–Crippen LogP) is 1.06. The summed E-state index contributed by atoms with van der Waals surface area (Å²) in [5.41, 5.74) is 0.639. The molecular formula is C11H13FN2O. The second-order valence-electron chi connectivity index (χ2n) is 3.81. The third-order valence-corrected chi connectivity index (χ3v) is 2.55. The Kier molecular flexibility index (Phi) is 2.68. The topological polar surface area (TPSA) is 23.6 Å². The molecule has 1 aliphatic heterocycles. The maximum atomic E-state index is 13.3. The van der Waals surface area contributed by atoms with Crippen LogP contribution in [0.3, 0.4) is 0 Å². The lowest BCUT2D eigenvalue weighted by Gasteiger charge is -2.14. The van der Waals surface area contributed by atoms with Gasteiger partial charge in [0.1, 0.15) is 5.82 Å². The van der Waals surface area contributed by atoms with Gasteiger partial charge in [-0.05, 0) is 6.07 Å². The zero-order valence-corrected chi connectivity index (χ0v) is 8.61. The molecule has 4 heteroatoms. The van der Waals surface area contributed by atoms with Gasteiger partial charge in [-0.3, -0.25) is 9.69 Å². The van der Waals surface area contributed by atoms with E-state index in [-0.39, 0.29) is 11.7 Å². The monoisotopic (exact) mass is 208 g/mol. The van der Waals surface area contributed by atoms with E-state index in [2.05, 4.69) is 0 Å². The molecule has 0 N–H and O–H groups in total. The number of rotatable bonds is 2. The molecule has 1 saturated heterocycles. The van der Waals surface area contributed by atoms with Crippen LogP contribution in [-0.2, 0) is 11.3 Å². The molecule has 3 nitrogen and oxygen atoms in total. The maximum Gasteiger partial charge on any atom is 0.237 e. The molecule has 80 valence electrons. The van der Waals surface area contributed by atoms with Crippen LogP contribution in [0, 0.1) is 5.82 Å². The highest BCUT2D eigenvalue weighted by molar-refractivity contribution is 5.79. The van der Waals surface area contributed by atoms with E-state index in [1.54, 1.807) is 30.1 Å². The van der Waals surface area contributed by atoms with Crippen LogP contribution in [0.1, 0.15) is 5.56 Å². The largest absolute Gasteiger partial charge is 0.332 e. The molecule has 0 aromatic heterocycles. The zero-order chi connectivity index (χ0) is 10.8. The van der Waals surface area contributed by atoms with Crippen LogP contribution in [0.15, 0.2) is 24.3 Å². The van der Waals surface area contributed by atoms with Gasteiger partial charge >= 0.3 is 0 Å². The van der Waals surface area contributed by atoms with Crippen LogP contribution in [0.25, 0.3) is 0 Å². The number of hydrogen-bond acceptors (Lipinski definition) is 2. The van der Waals surface area contributed by atoms with Crippen LogP contribution in [0.5, 0.6) is 0 Å². The molecule has 0 spiro atoms. The average Bonchev–Trinajstić information content (AvgIpc) is 2.50. The molecular weight excluding hydrogens is 195 g/mol. The third kappa shape index (κ3) is 2.15. The highest BCUT2D eigenvalue weighted by atomic mass is 19.1. The number of nitrogens with zero attached hydrogens (tertiary/aromatic N) is 2. The summed E-state index contributed by atoms with van der Waals surface area (Å²) in [5.74, 6) is -0.120. The summed E-state index contributed by atoms with van der Waals surface area (Å²) >= 11 is 0. The molecule has 1 fully saturated rings. The minimum Gasteiger partial charge on any atom is -0.332 e. The molecule has 2 rings (SSSR count). The van der Waals surface area contributed by atoms with Gasteiger partial charge < -0.3 is 4.90 Å². The van der Waals surface area contributed by atoms with Crippen molar-refractivity contribution in [2.24, 2.45) is 0 Å². The summed E-state index contributed by atoms with van der Waals surface area (Å²) in [5, 5.41) is 0. The van der Waals surface area contributed by atoms with Gasteiger partial charge in [-0.15, -0.1) is 0 Å². The van der Waals surface area contributed by atoms with Crippen molar-refractivity contribution >= 4 is 5.91 Å². The SMILES string of the molecule is CN1CN(Cc2ccccc2F)CC1=O. The van der Waals surface area contributed by atoms with Gasteiger partial charge in [0.15, 0.2) is 0 Å². The van der Waals surface area contributed by atoms with E-state index < -0.39 is 0 Å². The molecule has 0 radical (unpaired) electrons. The summed E-state index contributed by atoms with van der Waals surface area (Å²) in [6.07, 6.45) is 0. The van der Waals surface area contributed by atoms with Gasteiger partial charge in [-0.1, -0.05) is 18.2 Å². The van der Waals surface area contributed by atoms with Crippen molar-refractivity contribution in [3.05, 3.63) is 35.6 Å². The predicted molar refractivity (Wildman–Crippen MR) is 54.4 cm³/mol. The van der Waals surface area contributed by atoms with Crippen molar-refractivity contribution in [2.45, 2.75) is 6.54 Å². The van der Waals surface area contributed by atoms with Gasteiger partial charge in [-0.2, -0.15) is 0 Å². The number of halogens is 1. The van der Waals surface area contributed by atoms with Crippen molar-refractivity contribution in [1.82, 2.24) is 9.80 Å². The van der Waals surface area contributed by atoms with Crippen LogP contribution < -0.4 is 0 Å². The number of carbonyl (C=O) groups is 1. The summed E-state index contributed by atoms with van der Waals surface area (Å²) in [4.78, 5) is 14.8. The van der Waals surface area contributed by atoms with Crippen molar-refractivity contribution in [3.63, 3.8) is 0 Å². The maximum absolute atomic E-state index is 13.3. The lowest BCUT2D eigenvalue weighted by atomic mass is 10.2. The minimum atomic E-state index is -0.209. The molecule has 0 saturated carbocycles. The Labute approximate surface area is 88.1 Å². The Morgan fingerprint density at radius 2 is 2.13 bits per heavy atom. The molecule has 1 aromatic carbocycles. The number of amides is 1. The molecule has 15 heavy (non-hydrogen) atoms. The van der Waals surface area contributed by atoms with Gasteiger partial charge in [-0.25, -0.2) is 4.39 Å². The third-order valence-electron chi connectivity index (χ3n) is 2.55. The minimum absolute atomic E-state index is 0.0892. The summed E-state index contributed by atoms with van der Waals surface area (Å²) in [6, 6.07) is 6.66. The summed E-state index contributed by atoms with van der Waals surface area (Å²) in [7, 11) is 1.75. The quantitative estimate of drug-likeness (QED) is 0.725. The Morgan fingerprint density at radius 1 is 1.40 bits per heavy atom. The fourth-order valence-electron chi connectivity index (χ4n) is 1.71. The molecule has 1 amide bonds. The molecule has 0 aliphatic carbocycles. The second kappa shape index (κ2) is 3.98. The first-order valence-electron chi connectivity index (χ1n) is 4.86. The average molecular weight is 208 g/mol. The number of benzene rings is 1. The van der Waals surface area contributed by atoms with E-state index in [9.17, 15) is 9.18 Å². The van der Waals surface area contributed by atoms with Crippen molar-refractivity contribution in [2.75, 3.05) is 20.3 Å². The molecule has 1 heterocycles. The van der Waals surface area contributed by atoms with Crippen molar-refractivity contribution in [1.29, 1.82) is 0 Å². The highest BCUT2D eigenvalue weighted by Crippen LogP contribution is 2.13. The summed E-state index contributed by atoms with van der Waals surface area (Å²) < 4.78 is 13.3. The molecule has 1 aliphatic rings. The van der Waals surface area contributed by atoms with E-state index in [1.807, 2.05) is 4.90 Å². The van der Waals surface area contributed by atoms with E-state index >= 15 is 0 Å². The molecule has 1 aromatic rings. The Morgan fingerprint density at radius 3 is 2.73 bits per heavy atom. The van der Waals surface area contributed by atoms with Crippen molar-refractivity contribution < 1.29 is 9.18 Å². The van der Waals surface area contributed by atoms with Crippen LogP contribution >= 0.6 is 0 Å². The van der Waals surface area contributed by atoms with E-state index in [4.69, 9.17) is 0 Å². The second-order valence-corrected chi connectivity index (χ2v) is 3.81. The van der Waals surface area contributed by atoms with Gasteiger partial charge in [0.25, 0.3) is 0 Å². The number of hydrogen-bond donors (Lipinski definition) is 0. The zero-order valence-electron chi connectivity index (χ0n) is 8.61. The number of likely N-dealkylation sites (N-methyl/N-ethyl adjacent to an activating group) is 1. The first-order chi connectivity index (χ1) is 7.16.